The van der Waals surface area contributed by atoms with E-state index in [0.717, 1.165) is 35.5 Å². The molecule has 9 nitrogen and oxygen atoms in total. The van der Waals surface area contributed by atoms with Gasteiger partial charge < -0.3 is 24.7 Å². The molecule has 0 aliphatic rings. The van der Waals surface area contributed by atoms with Crippen LogP contribution in [0.25, 0.3) is 6.08 Å². The minimum Gasteiger partial charge on any atom is -0.493 e. The Bertz CT molecular complexity index is 1360. The first-order valence-corrected chi connectivity index (χ1v) is 12.8. The number of hydrogen-bond acceptors (Lipinski definition) is 7. The molecular formula is C25H25ClF3N5O4S. The zero-order valence-corrected chi connectivity index (χ0v) is 22.7. The summed E-state index contributed by atoms with van der Waals surface area (Å²) < 4.78 is 51.1. The monoisotopic (exact) mass is 583 g/mol. The number of anilines is 1. The first-order valence-electron chi connectivity index (χ1n) is 11.4. The van der Waals surface area contributed by atoms with Gasteiger partial charge in [0.05, 0.1) is 42.8 Å². The number of aromatic nitrogens is 3. The largest absolute Gasteiger partial charge is 0.493 e. The van der Waals surface area contributed by atoms with Gasteiger partial charge in [-0.3, -0.25) is 9.59 Å². The second kappa shape index (κ2) is 13.4. The number of alkyl halides is 3. The molecule has 0 aliphatic heterocycles. The molecule has 3 aromatic rings. The van der Waals surface area contributed by atoms with E-state index in [2.05, 4.69) is 20.8 Å². The van der Waals surface area contributed by atoms with Crippen molar-refractivity contribution >= 4 is 46.9 Å². The maximum absolute atomic E-state index is 13.0. The van der Waals surface area contributed by atoms with Gasteiger partial charge in [-0.2, -0.15) is 13.2 Å². The SMILES string of the molecule is CCn1c(CNC(=O)C=Cc2ccc(OC)c(OC)c2)nnc1SCC(=O)Nc1cc(C(F)(F)F)ccc1Cl. The highest BCUT2D eigenvalue weighted by molar-refractivity contribution is 7.99. The quantitative estimate of drug-likeness (QED) is 0.240. The molecular weight excluding hydrogens is 559 g/mol. The number of benzene rings is 2. The van der Waals surface area contributed by atoms with Crippen molar-refractivity contribution in [3.05, 3.63) is 64.4 Å². The van der Waals surface area contributed by atoms with Crippen LogP contribution in [0.3, 0.4) is 0 Å². The van der Waals surface area contributed by atoms with Gasteiger partial charge in [0.1, 0.15) is 0 Å². The lowest BCUT2D eigenvalue weighted by Gasteiger charge is -2.12. The molecule has 0 spiro atoms. The Morgan fingerprint density at radius 1 is 1.10 bits per heavy atom. The van der Waals surface area contributed by atoms with Crippen LogP contribution in [0.1, 0.15) is 23.9 Å². The maximum Gasteiger partial charge on any atom is 0.416 e. The maximum atomic E-state index is 13.0. The van der Waals surface area contributed by atoms with Crippen LogP contribution in [0, 0.1) is 0 Å². The Morgan fingerprint density at radius 3 is 2.51 bits per heavy atom. The van der Waals surface area contributed by atoms with E-state index < -0.39 is 17.6 Å². The standard InChI is InChI=1S/C25H25ClF3N5O4S/c1-4-34-21(13-30-22(35)10-6-15-5-9-19(37-2)20(11-15)38-3)32-33-24(34)39-14-23(36)31-18-12-16(25(27,28)29)7-8-17(18)26/h5-12H,4,13-14H2,1-3H3,(H,30,35)(H,31,36). The van der Waals surface area contributed by atoms with Crippen LogP contribution >= 0.6 is 23.4 Å². The molecule has 2 aromatic carbocycles. The minimum absolute atomic E-state index is 0.0173. The smallest absolute Gasteiger partial charge is 0.416 e. The fraction of sp³-hybridized carbons (Fsp3) is 0.280. The van der Waals surface area contributed by atoms with Crippen molar-refractivity contribution < 1.29 is 32.2 Å². The van der Waals surface area contributed by atoms with Gasteiger partial charge in [-0.25, -0.2) is 0 Å². The van der Waals surface area contributed by atoms with Crippen molar-refractivity contribution in [2.24, 2.45) is 0 Å². The first-order chi connectivity index (χ1) is 18.5. The third-order valence-electron chi connectivity index (χ3n) is 5.27. The van der Waals surface area contributed by atoms with E-state index in [0.29, 0.717) is 29.0 Å². The Labute approximate surface area is 231 Å². The molecule has 2 amide bonds. The Balaban J connectivity index is 1.56. The summed E-state index contributed by atoms with van der Waals surface area (Å²) in [7, 11) is 3.05. The van der Waals surface area contributed by atoms with E-state index in [1.165, 1.54) is 20.3 Å². The van der Waals surface area contributed by atoms with Gasteiger partial charge in [-0.05, 0) is 48.9 Å². The lowest BCUT2D eigenvalue weighted by Crippen LogP contribution is -2.22. The molecule has 0 unspecified atom stereocenters. The molecule has 39 heavy (non-hydrogen) atoms. The van der Waals surface area contributed by atoms with Crippen LogP contribution in [0.4, 0.5) is 18.9 Å². The van der Waals surface area contributed by atoms with E-state index in [1.54, 1.807) is 28.8 Å². The van der Waals surface area contributed by atoms with Crippen molar-refractivity contribution in [2.45, 2.75) is 31.3 Å². The zero-order valence-electron chi connectivity index (χ0n) is 21.1. The number of carbonyl (C=O) groups is 2. The molecule has 14 heteroatoms. The van der Waals surface area contributed by atoms with Gasteiger partial charge in [0, 0.05) is 12.6 Å². The Hall–Kier alpha value is -3.71. The topological polar surface area (TPSA) is 107 Å². The summed E-state index contributed by atoms with van der Waals surface area (Å²) >= 11 is 6.98. The Kier molecular flexibility index (Phi) is 10.2. The van der Waals surface area contributed by atoms with Gasteiger partial charge in [-0.15, -0.1) is 10.2 Å². The number of amides is 2. The number of methoxy groups -OCH3 is 2. The summed E-state index contributed by atoms with van der Waals surface area (Å²) in [6.45, 7) is 2.39. The van der Waals surface area contributed by atoms with Crippen LogP contribution in [-0.2, 0) is 28.9 Å². The number of ether oxygens (including phenoxy) is 2. The highest BCUT2D eigenvalue weighted by Gasteiger charge is 2.31. The van der Waals surface area contributed by atoms with E-state index in [4.69, 9.17) is 21.1 Å². The van der Waals surface area contributed by atoms with E-state index in [1.807, 2.05) is 6.92 Å². The number of nitrogens with zero attached hydrogens (tertiary/aromatic N) is 3. The number of halogens is 4. The molecule has 208 valence electrons. The molecule has 0 fully saturated rings. The van der Waals surface area contributed by atoms with E-state index in [9.17, 15) is 22.8 Å². The van der Waals surface area contributed by atoms with Crippen molar-refractivity contribution in [2.75, 3.05) is 25.3 Å². The average Bonchev–Trinajstić information content (AvgIpc) is 3.31. The number of thioether (sulfide) groups is 1. The third kappa shape index (κ3) is 8.14. The highest BCUT2D eigenvalue weighted by Crippen LogP contribution is 2.34. The summed E-state index contributed by atoms with van der Waals surface area (Å²) in [5.41, 5.74) is -0.327. The lowest BCUT2D eigenvalue weighted by atomic mass is 10.2. The molecule has 0 bridgehead atoms. The fourth-order valence-electron chi connectivity index (χ4n) is 3.34. The van der Waals surface area contributed by atoms with Crippen LogP contribution in [0.5, 0.6) is 11.5 Å². The van der Waals surface area contributed by atoms with Crippen LogP contribution in [0.2, 0.25) is 5.02 Å². The summed E-state index contributed by atoms with van der Waals surface area (Å²) in [4.78, 5) is 24.7. The predicted octanol–water partition coefficient (Wildman–Crippen LogP) is 5.05. The first kappa shape index (κ1) is 29.8. The Morgan fingerprint density at radius 2 is 1.85 bits per heavy atom. The highest BCUT2D eigenvalue weighted by atomic mass is 35.5. The van der Waals surface area contributed by atoms with E-state index in [-0.39, 0.29) is 28.9 Å². The molecule has 1 aromatic heterocycles. The molecule has 0 saturated heterocycles. The molecule has 0 saturated carbocycles. The number of nitrogens with one attached hydrogen (secondary N) is 2. The van der Waals surface area contributed by atoms with Crippen molar-refractivity contribution in [1.29, 1.82) is 0 Å². The van der Waals surface area contributed by atoms with Crippen LogP contribution in [-0.4, -0.2) is 46.6 Å². The summed E-state index contributed by atoms with van der Waals surface area (Å²) in [5, 5.41) is 13.7. The minimum atomic E-state index is -4.57. The van der Waals surface area contributed by atoms with Gasteiger partial charge >= 0.3 is 6.18 Å². The number of carbonyl (C=O) groups excluding carboxylic acids is 2. The average molecular weight is 584 g/mol. The lowest BCUT2D eigenvalue weighted by molar-refractivity contribution is -0.137. The van der Waals surface area contributed by atoms with Crippen LogP contribution < -0.4 is 20.1 Å². The number of hydrogen-bond donors (Lipinski definition) is 2. The van der Waals surface area contributed by atoms with Gasteiger partial charge in [0.15, 0.2) is 22.5 Å². The summed E-state index contributed by atoms with van der Waals surface area (Å²) in [6.07, 6.45) is -1.58. The predicted molar refractivity (Wildman–Crippen MR) is 142 cm³/mol. The van der Waals surface area contributed by atoms with Crippen molar-refractivity contribution in [3.63, 3.8) is 0 Å². The van der Waals surface area contributed by atoms with Crippen molar-refractivity contribution in [1.82, 2.24) is 20.1 Å². The van der Waals surface area contributed by atoms with Gasteiger partial charge in [0.2, 0.25) is 11.8 Å². The molecule has 3 rings (SSSR count). The normalized spacial score (nSPS) is 11.5. The number of rotatable bonds is 11. The summed E-state index contributed by atoms with van der Waals surface area (Å²) in [6, 6.07) is 7.93. The van der Waals surface area contributed by atoms with Crippen LogP contribution in [0.15, 0.2) is 47.6 Å². The summed E-state index contributed by atoms with van der Waals surface area (Å²) in [5.74, 6) is 0.500. The molecule has 1 heterocycles. The second-order valence-corrected chi connectivity index (χ2v) is 9.19. The van der Waals surface area contributed by atoms with Gasteiger partial charge in [0.25, 0.3) is 0 Å². The molecule has 2 N–H and O–H groups in total. The third-order valence-corrected chi connectivity index (χ3v) is 6.56. The van der Waals surface area contributed by atoms with Crippen molar-refractivity contribution in [3.8, 4) is 11.5 Å². The second-order valence-electron chi connectivity index (χ2n) is 7.84. The van der Waals surface area contributed by atoms with E-state index >= 15 is 0 Å². The molecule has 0 atom stereocenters. The zero-order chi connectivity index (χ0) is 28.6. The fourth-order valence-corrected chi connectivity index (χ4v) is 4.33. The van der Waals surface area contributed by atoms with Gasteiger partial charge in [-0.1, -0.05) is 29.4 Å². The molecule has 0 radical (unpaired) electrons. The molecule has 0 aliphatic carbocycles.